The van der Waals surface area contributed by atoms with Gasteiger partial charge in [0.25, 0.3) is 0 Å². The van der Waals surface area contributed by atoms with E-state index in [0.29, 0.717) is 0 Å². The van der Waals surface area contributed by atoms with Gasteiger partial charge >= 0.3 is 0 Å². The zero-order chi connectivity index (χ0) is 21.1. The van der Waals surface area contributed by atoms with Crippen molar-refractivity contribution >= 4 is 27.5 Å². The summed E-state index contributed by atoms with van der Waals surface area (Å²) in [5.74, 6) is 1.19. The van der Waals surface area contributed by atoms with E-state index < -0.39 is 0 Å². The van der Waals surface area contributed by atoms with Gasteiger partial charge in [-0.05, 0) is 53.6 Å². The van der Waals surface area contributed by atoms with Crippen LogP contribution in [-0.4, -0.2) is 10.7 Å². The summed E-state index contributed by atoms with van der Waals surface area (Å²) in [6, 6.07) is 34.5. The van der Waals surface area contributed by atoms with E-state index in [1.165, 1.54) is 44.2 Å². The molecule has 2 aliphatic rings. The Kier molecular flexibility index (Phi) is 3.71. The summed E-state index contributed by atoms with van der Waals surface area (Å²) in [5, 5.41) is 2.57. The number of allylic oxidation sites excluding steroid dienone is 2. The molecule has 152 valence electrons. The number of fused-ring (bicyclic) bond motifs is 6. The summed E-state index contributed by atoms with van der Waals surface area (Å²) in [4.78, 5) is 0. The Bertz CT molecular complexity index is 1500. The Balaban J connectivity index is 1.39. The molecular weight excluding hydrogens is 390 g/mol. The molecule has 4 aromatic carbocycles. The maximum Gasteiger partial charge on any atom is 0.128 e. The van der Waals surface area contributed by atoms with E-state index >= 15 is 0 Å². The summed E-state index contributed by atoms with van der Waals surface area (Å²) in [6.45, 7) is 0. The van der Waals surface area contributed by atoms with Crippen molar-refractivity contribution in [2.75, 3.05) is 0 Å². The van der Waals surface area contributed by atoms with Crippen molar-refractivity contribution in [3.8, 4) is 16.9 Å². The second-order valence-electron chi connectivity index (χ2n) is 8.55. The van der Waals surface area contributed by atoms with E-state index in [4.69, 9.17) is 4.74 Å². The third kappa shape index (κ3) is 2.53. The van der Waals surface area contributed by atoms with Crippen LogP contribution in [0.1, 0.15) is 11.5 Å². The molecule has 2 heterocycles. The van der Waals surface area contributed by atoms with Gasteiger partial charge in [0.2, 0.25) is 0 Å². The molecule has 0 saturated carbocycles. The molecule has 0 saturated heterocycles. The lowest BCUT2D eigenvalue weighted by atomic mass is 9.89. The van der Waals surface area contributed by atoms with Gasteiger partial charge in [-0.2, -0.15) is 0 Å². The van der Waals surface area contributed by atoms with Crippen LogP contribution in [0.5, 0.6) is 5.75 Å². The lowest BCUT2D eigenvalue weighted by Crippen LogP contribution is -2.18. The zero-order valence-corrected chi connectivity index (χ0v) is 17.5. The Hall–Kier alpha value is -4.04. The second kappa shape index (κ2) is 6.73. The number of ether oxygens (including phenoxy) is 1. The maximum absolute atomic E-state index is 6.30. The van der Waals surface area contributed by atoms with E-state index in [1.807, 2.05) is 0 Å². The van der Waals surface area contributed by atoms with Gasteiger partial charge in [0.05, 0.1) is 11.0 Å². The fourth-order valence-electron chi connectivity index (χ4n) is 5.25. The quantitative estimate of drug-likeness (QED) is 0.295. The van der Waals surface area contributed by atoms with Crippen LogP contribution in [-0.2, 0) is 0 Å². The van der Waals surface area contributed by atoms with Gasteiger partial charge in [0.15, 0.2) is 0 Å². The van der Waals surface area contributed by atoms with E-state index in [-0.39, 0.29) is 12.0 Å². The largest absolute Gasteiger partial charge is 0.485 e. The predicted molar refractivity (Wildman–Crippen MR) is 132 cm³/mol. The summed E-state index contributed by atoms with van der Waals surface area (Å²) in [6.07, 6.45) is 6.85. The summed E-state index contributed by atoms with van der Waals surface area (Å²) < 4.78 is 8.69. The average molecular weight is 412 g/mol. The van der Waals surface area contributed by atoms with Crippen molar-refractivity contribution in [3.05, 3.63) is 121 Å². The highest BCUT2D eigenvalue weighted by molar-refractivity contribution is 6.10. The first-order valence-corrected chi connectivity index (χ1v) is 11.1. The second-order valence-corrected chi connectivity index (χ2v) is 8.55. The van der Waals surface area contributed by atoms with Crippen molar-refractivity contribution in [1.29, 1.82) is 0 Å². The van der Waals surface area contributed by atoms with Crippen LogP contribution in [0.15, 0.2) is 115 Å². The topological polar surface area (TPSA) is 14.2 Å². The molecule has 0 N–H and O–H groups in total. The molecule has 5 aromatic rings. The van der Waals surface area contributed by atoms with Crippen molar-refractivity contribution in [1.82, 2.24) is 4.57 Å². The predicted octanol–water partition coefficient (Wildman–Crippen LogP) is 7.42. The lowest BCUT2D eigenvalue weighted by molar-refractivity contribution is 0.269. The Morgan fingerprint density at radius 3 is 2.09 bits per heavy atom. The molecule has 2 heteroatoms. The number of para-hydroxylation sites is 2. The first-order valence-electron chi connectivity index (χ1n) is 11.1. The van der Waals surface area contributed by atoms with E-state index in [9.17, 15) is 0 Å². The van der Waals surface area contributed by atoms with Crippen LogP contribution < -0.4 is 4.74 Å². The molecule has 1 aliphatic heterocycles. The maximum atomic E-state index is 6.30. The average Bonchev–Trinajstić information content (AvgIpc) is 3.39. The van der Waals surface area contributed by atoms with Crippen LogP contribution in [0.4, 0.5) is 0 Å². The summed E-state index contributed by atoms with van der Waals surface area (Å²) in [5.41, 5.74) is 7.40. The third-order valence-corrected chi connectivity index (χ3v) is 6.74. The minimum absolute atomic E-state index is 0.0489. The van der Waals surface area contributed by atoms with Gasteiger partial charge < -0.3 is 9.30 Å². The van der Waals surface area contributed by atoms with Crippen LogP contribution in [0, 0.1) is 0 Å². The highest BCUT2D eigenvalue weighted by Gasteiger charge is 2.34. The number of benzene rings is 4. The zero-order valence-electron chi connectivity index (χ0n) is 17.5. The molecule has 0 amide bonds. The van der Waals surface area contributed by atoms with Gasteiger partial charge in [-0.3, -0.25) is 0 Å². The highest BCUT2D eigenvalue weighted by Crippen LogP contribution is 2.45. The summed E-state index contributed by atoms with van der Waals surface area (Å²) >= 11 is 0. The smallest absolute Gasteiger partial charge is 0.128 e. The third-order valence-electron chi connectivity index (χ3n) is 6.74. The normalized spacial score (nSPS) is 18.9. The number of hydrogen-bond acceptors (Lipinski definition) is 1. The molecule has 1 aromatic heterocycles. The van der Waals surface area contributed by atoms with E-state index in [0.717, 1.165) is 5.75 Å². The molecule has 7 rings (SSSR count). The SMILES string of the molecule is C1=CC2Oc3ccc(-c4ccccc4)cc3C2C=C1n1c2ccccc2c2ccccc21. The molecule has 2 unspecified atom stereocenters. The van der Waals surface area contributed by atoms with Crippen LogP contribution in [0.25, 0.3) is 38.6 Å². The van der Waals surface area contributed by atoms with Crippen molar-refractivity contribution in [2.24, 2.45) is 0 Å². The van der Waals surface area contributed by atoms with Gasteiger partial charge in [0.1, 0.15) is 11.9 Å². The highest BCUT2D eigenvalue weighted by atomic mass is 16.5. The van der Waals surface area contributed by atoms with Gasteiger partial charge in [-0.25, -0.2) is 0 Å². The fraction of sp³-hybridized carbons (Fsp3) is 0.0667. The number of hydrogen-bond donors (Lipinski definition) is 0. The first kappa shape index (κ1) is 17.6. The van der Waals surface area contributed by atoms with E-state index in [1.54, 1.807) is 0 Å². The van der Waals surface area contributed by atoms with Crippen molar-refractivity contribution < 1.29 is 4.74 Å². The molecule has 2 nitrogen and oxygen atoms in total. The molecule has 0 radical (unpaired) electrons. The Morgan fingerprint density at radius 1 is 0.656 bits per heavy atom. The first-order chi connectivity index (χ1) is 15.9. The van der Waals surface area contributed by atoms with Crippen LogP contribution in [0.3, 0.4) is 0 Å². The number of rotatable bonds is 2. The summed E-state index contributed by atoms with van der Waals surface area (Å²) in [7, 11) is 0. The molecule has 0 bridgehead atoms. The minimum atomic E-state index is 0.0489. The Morgan fingerprint density at radius 2 is 1.34 bits per heavy atom. The molecule has 2 atom stereocenters. The van der Waals surface area contributed by atoms with Crippen LogP contribution >= 0.6 is 0 Å². The van der Waals surface area contributed by atoms with Crippen LogP contribution in [0.2, 0.25) is 0 Å². The van der Waals surface area contributed by atoms with Crippen molar-refractivity contribution in [3.63, 3.8) is 0 Å². The van der Waals surface area contributed by atoms with Crippen molar-refractivity contribution in [2.45, 2.75) is 12.0 Å². The standard InChI is InChI=1S/C30H21NO/c1-2-8-20(9-3-1)21-14-16-29-25(18-21)26-19-22(15-17-30(26)32-29)31-27-12-6-4-10-23(27)24-11-5-7-13-28(24)31/h1-19,26,30H. The van der Waals surface area contributed by atoms with Gasteiger partial charge in [-0.15, -0.1) is 0 Å². The van der Waals surface area contributed by atoms with Gasteiger partial charge in [-0.1, -0.05) is 72.8 Å². The molecule has 1 aliphatic carbocycles. The monoisotopic (exact) mass is 411 g/mol. The number of aromatic nitrogens is 1. The fourth-order valence-corrected chi connectivity index (χ4v) is 5.25. The van der Waals surface area contributed by atoms with Gasteiger partial charge in [0, 0.05) is 28.0 Å². The molecule has 0 spiro atoms. The number of nitrogens with zero attached hydrogens (tertiary/aromatic N) is 1. The molecule has 32 heavy (non-hydrogen) atoms. The minimum Gasteiger partial charge on any atom is -0.485 e. The molecular formula is C30H21NO. The molecule has 0 fully saturated rings. The Labute approximate surface area is 186 Å². The lowest BCUT2D eigenvalue weighted by Gasteiger charge is -2.20. The van der Waals surface area contributed by atoms with E-state index in [2.05, 4.69) is 120 Å².